The third-order valence-electron chi connectivity index (χ3n) is 2.99. The topological polar surface area (TPSA) is 43.8 Å². The third-order valence-corrected chi connectivity index (χ3v) is 2.99. The van der Waals surface area contributed by atoms with Crippen molar-refractivity contribution in [2.24, 2.45) is 5.73 Å². The summed E-state index contributed by atoms with van der Waals surface area (Å²) in [5, 5.41) is 4.17. The quantitative estimate of drug-likeness (QED) is 0.901. The number of benzene rings is 1. The van der Waals surface area contributed by atoms with Gasteiger partial charge in [0.05, 0.1) is 6.20 Å². The molecule has 0 fully saturated rings. The van der Waals surface area contributed by atoms with Crippen molar-refractivity contribution < 1.29 is 8.78 Å². The fraction of sp³-hybridized carbons (Fsp3) is 0.357. The lowest BCUT2D eigenvalue weighted by molar-refractivity contribution is 0.506. The van der Waals surface area contributed by atoms with Gasteiger partial charge in [0.2, 0.25) is 0 Å². The predicted molar refractivity (Wildman–Crippen MR) is 69.6 cm³/mol. The van der Waals surface area contributed by atoms with Gasteiger partial charge in [0.15, 0.2) is 11.6 Å². The number of aromatic nitrogens is 2. The Labute approximate surface area is 111 Å². The van der Waals surface area contributed by atoms with Crippen molar-refractivity contribution in [3.8, 4) is 0 Å². The van der Waals surface area contributed by atoms with Crippen molar-refractivity contribution >= 4 is 0 Å². The number of halogens is 2. The van der Waals surface area contributed by atoms with Crippen LogP contribution >= 0.6 is 0 Å². The Bertz CT molecular complexity index is 551. The maximum atomic E-state index is 13.1. The van der Waals surface area contributed by atoms with Gasteiger partial charge in [-0.15, -0.1) is 0 Å². The average Bonchev–Trinajstić information content (AvgIpc) is 2.81. The summed E-state index contributed by atoms with van der Waals surface area (Å²) in [5.41, 5.74) is 7.78. The van der Waals surface area contributed by atoms with Gasteiger partial charge in [-0.1, -0.05) is 6.07 Å². The first-order valence-corrected chi connectivity index (χ1v) is 6.29. The fourth-order valence-corrected chi connectivity index (χ4v) is 2.03. The van der Waals surface area contributed by atoms with E-state index in [2.05, 4.69) is 5.10 Å². The first-order valence-electron chi connectivity index (χ1n) is 6.29. The number of nitrogens with zero attached hydrogens (tertiary/aromatic N) is 2. The summed E-state index contributed by atoms with van der Waals surface area (Å²) >= 11 is 0. The van der Waals surface area contributed by atoms with E-state index in [1.165, 1.54) is 6.07 Å². The van der Waals surface area contributed by atoms with Crippen LogP contribution in [-0.4, -0.2) is 15.8 Å². The van der Waals surface area contributed by atoms with Crippen LogP contribution in [0.4, 0.5) is 8.78 Å². The molecule has 0 amide bonds. The van der Waals surface area contributed by atoms with E-state index in [1.807, 2.05) is 17.8 Å². The van der Waals surface area contributed by atoms with Gasteiger partial charge < -0.3 is 5.73 Å². The smallest absolute Gasteiger partial charge is 0.159 e. The summed E-state index contributed by atoms with van der Waals surface area (Å²) in [4.78, 5) is 0. The third kappa shape index (κ3) is 3.61. The second kappa shape index (κ2) is 5.93. The normalized spacial score (nSPS) is 12.6. The zero-order valence-corrected chi connectivity index (χ0v) is 10.8. The highest BCUT2D eigenvalue weighted by Gasteiger charge is 2.09. The van der Waals surface area contributed by atoms with Gasteiger partial charge in [-0.05, 0) is 43.0 Å². The van der Waals surface area contributed by atoms with E-state index in [1.54, 1.807) is 12.3 Å². The van der Waals surface area contributed by atoms with Crippen LogP contribution < -0.4 is 5.73 Å². The molecule has 2 aromatic rings. The molecule has 1 unspecified atom stereocenters. The second-order valence-electron chi connectivity index (χ2n) is 4.62. The Balaban J connectivity index is 1.96. The predicted octanol–water partition coefficient (Wildman–Crippen LogP) is 2.29. The van der Waals surface area contributed by atoms with Gasteiger partial charge in [0.1, 0.15) is 0 Å². The maximum absolute atomic E-state index is 13.1. The number of aryl methyl sites for hydroxylation is 1. The zero-order chi connectivity index (χ0) is 13.8. The molecule has 3 nitrogen and oxygen atoms in total. The van der Waals surface area contributed by atoms with E-state index >= 15 is 0 Å². The summed E-state index contributed by atoms with van der Waals surface area (Å²) in [6, 6.07) is 3.75. The van der Waals surface area contributed by atoms with Gasteiger partial charge >= 0.3 is 0 Å². The summed E-state index contributed by atoms with van der Waals surface area (Å²) in [5.74, 6) is -1.66. The molecule has 0 spiro atoms. The molecule has 0 aliphatic heterocycles. The Kier molecular flexibility index (Phi) is 4.27. The molecule has 19 heavy (non-hydrogen) atoms. The minimum absolute atomic E-state index is 0.139. The van der Waals surface area contributed by atoms with Gasteiger partial charge in [-0.25, -0.2) is 8.78 Å². The van der Waals surface area contributed by atoms with Crippen LogP contribution in [0, 0.1) is 11.6 Å². The molecule has 0 saturated carbocycles. The maximum Gasteiger partial charge on any atom is 0.159 e. The molecule has 5 heteroatoms. The number of rotatable bonds is 5. The van der Waals surface area contributed by atoms with Crippen molar-refractivity contribution in [1.82, 2.24) is 9.78 Å². The van der Waals surface area contributed by atoms with Gasteiger partial charge in [0, 0.05) is 18.8 Å². The van der Waals surface area contributed by atoms with E-state index in [4.69, 9.17) is 5.73 Å². The molecule has 1 aromatic heterocycles. The molecular weight excluding hydrogens is 248 g/mol. The summed E-state index contributed by atoms with van der Waals surface area (Å²) < 4.78 is 27.7. The van der Waals surface area contributed by atoms with E-state index in [0.29, 0.717) is 18.4 Å². The monoisotopic (exact) mass is 265 g/mol. The van der Waals surface area contributed by atoms with E-state index in [9.17, 15) is 8.78 Å². The molecule has 0 aliphatic carbocycles. The second-order valence-corrected chi connectivity index (χ2v) is 4.62. The van der Waals surface area contributed by atoms with Crippen molar-refractivity contribution in [2.75, 3.05) is 0 Å². The molecule has 1 atom stereocenters. The lowest BCUT2D eigenvalue weighted by Gasteiger charge is -2.10. The fourth-order valence-electron chi connectivity index (χ4n) is 2.03. The Hall–Kier alpha value is -1.75. The summed E-state index contributed by atoms with van der Waals surface area (Å²) in [6.45, 7) is 2.83. The van der Waals surface area contributed by atoms with Crippen molar-refractivity contribution in [3.05, 3.63) is 53.4 Å². The Morgan fingerprint density at radius 1 is 1.21 bits per heavy atom. The molecule has 1 heterocycles. The molecule has 2 rings (SSSR count). The number of hydrogen-bond acceptors (Lipinski definition) is 2. The molecule has 0 aliphatic rings. The van der Waals surface area contributed by atoms with Crippen LogP contribution in [0.1, 0.15) is 18.1 Å². The van der Waals surface area contributed by atoms with Gasteiger partial charge in [0.25, 0.3) is 0 Å². The summed E-state index contributed by atoms with van der Waals surface area (Å²) in [7, 11) is 0. The summed E-state index contributed by atoms with van der Waals surface area (Å²) in [6.07, 6.45) is 4.91. The lowest BCUT2D eigenvalue weighted by Crippen LogP contribution is -2.25. The minimum Gasteiger partial charge on any atom is -0.327 e. The highest BCUT2D eigenvalue weighted by Crippen LogP contribution is 2.12. The Morgan fingerprint density at radius 2 is 1.95 bits per heavy atom. The van der Waals surface area contributed by atoms with Crippen molar-refractivity contribution in [1.29, 1.82) is 0 Å². The lowest BCUT2D eigenvalue weighted by atomic mass is 10.0. The molecule has 102 valence electrons. The first kappa shape index (κ1) is 13.7. The molecular formula is C14H17F2N3. The van der Waals surface area contributed by atoms with Gasteiger partial charge in [-0.3, -0.25) is 4.68 Å². The standard InChI is InChI=1S/C14H17F2N3/c1-2-19-9-11(8-18-19)6-12(17)5-10-3-4-13(15)14(16)7-10/h3-4,7-9,12H,2,5-6,17H2,1H3. The van der Waals surface area contributed by atoms with Gasteiger partial charge in [-0.2, -0.15) is 5.10 Å². The molecule has 2 N–H and O–H groups in total. The minimum atomic E-state index is -0.832. The highest BCUT2D eigenvalue weighted by atomic mass is 19.2. The van der Waals surface area contributed by atoms with E-state index < -0.39 is 11.6 Å². The zero-order valence-electron chi connectivity index (χ0n) is 10.8. The van der Waals surface area contributed by atoms with Crippen LogP contribution in [0.3, 0.4) is 0 Å². The highest BCUT2D eigenvalue weighted by molar-refractivity contribution is 5.19. The molecule has 0 saturated heterocycles. The van der Waals surface area contributed by atoms with Crippen LogP contribution in [0.15, 0.2) is 30.6 Å². The number of hydrogen-bond donors (Lipinski definition) is 1. The SMILES string of the molecule is CCn1cc(CC(N)Cc2ccc(F)c(F)c2)cn1. The Morgan fingerprint density at radius 3 is 2.58 bits per heavy atom. The van der Waals surface area contributed by atoms with Crippen molar-refractivity contribution in [3.63, 3.8) is 0 Å². The van der Waals surface area contributed by atoms with Crippen LogP contribution in [0.2, 0.25) is 0 Å². The first-order chi connectivity index (χ1) is 9.08. The van der Waals surface area contributed by atoms with E-state index in [0.717, 1.165) is 18.2 Å². The van der Waals surface area contributed by atoms with Crippen LogP contribution in [-0.2, 0) is 19.4 Å². The number of nitrogens with two attached hydrogens (primary N) is 1. The molecule has 0 radical (unpaired) electrons. The molecule has 0 bridgehead atoms. The van der Waals surface area contributed by atoms with E-state index in [-0.39, 0.29) is 6.04 Å². The van der Waals surface area contributed by atoms with Crippen molar-refractivity contribution in [2.45, 2.75) is 32.4 Å². The molecule has 1 aromatic carbocycles. The van der Waals surface area contributed by atoms with Crippen LogP contribution in [0.25, 0.3) is 0 Å². The largest absolute Gasteiger partial charge is 0.327 e. The van der Waals surface area contributed by atoms with Crippen LogP contribution in [0.5, 0.6) is 0 Å². The average molecular weight is 265 g/mol.